The van der Waals surface area contributed by atoms with E-state index in [1.165, 1.54) is 28.6 Å². The zero-order chi connectivity index (χ0) is 30.7. The highest BCUT2D eigenvalue weighted by Crippen LogP contribution is 2.35. The van der Waals surface area contributed by atoms with Crippen LogP contribution in [0.3, 0.4) is 0 Å². The number of hydrogen-bond acceptors (Lipinski definition) is 6. The Labute approximate surface area is 237 Å². The van der Waals surface area contributed by atoms with E-state index in [1.54, 1.807) is 17.8 Å². The number of thioether (sulfide) groups is 1. The van der Waals surface area contributed by atoms with Gasteiger partial charge in [-0.05, 0) is 29.7 Å². The predicted molar refractivity (Wildman–Crippen MR) is 145 cm³/mol. The summed E-state index contributed by atoms with van der Waals surface area (Å²) in [6, 6.07) is 12.1. The van der Waals surface area contributed by atoms with Crippen LogP contribution in [0.2, 0.25) is 0 Å². The van der Waals surface area contributed by atoms with Gasteiger partial charge in [0.2, 0.25) is 11.2 Å². The summed E-state index contributed by atoms with van der Waals surface area (Å²) in [6.45, 7) is 2.49. The summed E-state index contributed by atoms with van der Waals surface area (Å²) in [5, 5.41) is 2.48. The summed E-state index contributed by atoms with van der Waals surface area (Å²) in [5.74, 6) is -2.33. The average molecular weight is 596 g/mol. The van der Waals surface area contributed by atoms with Gasteiger partial charge in [-0.1, -0.05) is 31.2 Å². The first-order chi connectivity index (χ1) is 19.4. The number of carbonyl (C=O) groups is 2. The lowest BCUT2D eigenvalue weighted by Crippen LogP contribution is -2.43. The van der Waals surface area contributed by atoms with Gasteiger partial charge in [-0.3, -0.25) is 19.1 Å². The number of alkyl halides is 3. The fraction of sp³-hybridized carbons (Fsp3) is 0.250. The largest absolute Gasteiger partial charge is 0.420 e. The third-order valence-corrected chi connectivity index (χ3v) is 6.58. The topological polar surface area (TPSA) is 89.4 Å². The molecule has 3 heterocycles. The van der Waals surface area contributed by atoms with E-state index in [0.717, 1.165) is 24.3 Å². The predicted octanol–water partition coefficient (Wildman–Crippen LogP) is 5.39. The molecule has 0 aliphatic carbocycles. The minimum Gasteiger partial charge on any atom is -0.420 e. The first-order valence-corrected chi connectivity index (χ1v) is 12.9. The number of terminal acetylenes is 1. The molecule has 1 aromatic heterocycles. The molecular weight excluding hydrogens is 569 g/mol. The maximum atomic E-state index is 13.7. The van der Waals surface area contributed by atoms with Crippen molar-refractivity contribution in [3.8, 4) is 18.6 Å². The number of aromatic nitrogens is 1. The number of amides is 1. The second kappa shape index (κ2) is 14.9. The van der Waals surface area contributed by atoms with Crippen LogP contribution in [-0.2, 0) is 17.0 Å². The molecule has 5 rings (SSSR count). The highest BCUT2D eigenvalue weighted by Gasteiger charge is 2.24. The molecule has 0 bridgehead atoms. The van der Waals surface area contributed by atoms with Crippen molar-refractivity contribution in [2.75, 3.05) is 12.1 Å². The van der Waals surface area contributed by atoms with E-state index in [9.17, 15) is 36.3 Å². The summed E-state index contributed by atoms with van der Waals surface area (Å²) in [5.41, 5.74) is 4.85. The van der Waals surface area contributed by atoms with Gasteiger partial charge in [0.1, 0.15) is 6.67 Å². The molecule has 0 saturated heterocycles. The Morgan fingerprint density at radius 1 is 1.07 bits per heavy atom. The summed E-state index contributed by atoms with van der Waals surface area (Å²) in [7, 11) is 0. The summed E-state index contributed by atoms with van der Waals surface area (Å²) < 4.78 is 65.3. The summed E-state index contributed by atoms with van der Waals surface area (Å²) >= 11 is 1.57. The average Bonchev–Trinajstić information content (AvgIpc) is 3.13. The molecule has 3 aromatic rings. The normalized spacial score (nSPS) is 12.8. The zero-order valence-corrected chi connectivity index (χ0v) is 22.8. The zero-order valence-electron chi connectivity index (χ0n) is 22.0. The molecule has 0 atom stereocenters. The lowest BCUT2D eigenvalue weighted by molar-refractivity contribution is -0.132. The van der Waals surface area contributed by atoms with Crippen LogP contribution in [0.15, 0.2) is 58.4 Å². The smallest absolute Gasteiger partial charge is 0.388 e. The Hall–Kier alpha value is -4.31. The molecule has 13 heteroatoms. The Bertz CT molecular complexity index is 1470. The first-order valence-electron chi connectivity index (χ1n) is 11.9. The van der Waals surface area contributed by atoms with Gasteiger partial charge in [0.15, 0.2) is 17.3 Å². The minimum absolute atomic E-state index is 0.00560. The van der Waals surface area contributed by atoms with Gasteiger partial charge in [-0.2, -0.15) is 13.2 Å². The van der Waals surface area contributed by atoms with Crippen LogP contribution >= 0.6 is 11.8 Å². The van der Waals surface area contributed by atoms with Crippen molar-refractivity contribution < 1.29 is 36.3 Å². The van der Waals surface area contributed by atoms with Crippen LogP contribution in [0.4, 0.5) is 22.0 Å². The van der Waals surface area contributed by atoms with Gasteiger partial charge >= 0.3 is 12.1 Å². The number of halogens is 5. The monoisotopic (exact) mass is 595 g/mol. The number of fused-ring (bicyclic) bond motifs is 3. The number of hydrogen-bond donors (Lipinski definition) is 2. The number of pyridine rings is 1. The van der Waals surface area contributed by atoms with Crippen molar-refractivity contribution in [2.24, 2.45) is 0 Å². The van der Waals surface area contributed by atoms with Crippen molar-refractivity contribution in [2.45, 2.75) is 43.5 Å². The SMILES string of the molecule is C#C.CC(=O)Oc1c2n(ccc1=O)NCNC2=O.CCC(F)(F)F.Fc1ccc2c(c1F)CSc1ccccc1C2. The third kappa shape index (κ3) is 9.11. The van der Waals surface area contributed by atoms with Crippen molar-refractivity contribution >= 4 is 23.6 Å². The van der Waals surface area contributed by atoms with Crippen molar-refractivity contribution in [1.82, 2.24) is 9.99 Å². The van der Waals surface area contributed by atoms with Crippen molar-refractivity contribution in [3.05, 3.63) is 92.9 Å². The lowest BCUT2D eigenvalue weighted by Gasteiger charge is -2.22. The molecule has 1 amide bonds. The fourth-order valence-corrected chi connectivity index (χ4v) is 4.61. The third-order valence-electron chi connectivity index (χ3n) is 5.43. The van der Waals surface area contributed by atoms with Crippen LogP contribution in [0.25, 0.3) is 0 Å². The van der Waals surface area contributed by atoms with Crippen LogP contribution in [0.5, 0.6) is 5.75 Å². The Morgan fingerprint density at radius 3 is 2.37 bits per heavy atom. The maximum absolute atomic E-state index is 13.7. The standard InChI is InChI=1S/C14H10F2S.C9H9N3O4.C3H5F3.C2H2/c15-12-6-5-9-7-10-3-1-2-4-13(10)17-8-11(9)14(12)16;1-5(13)16-8-6(14)2-3-12-7(8)9(15)10-4-11-12;1-2-3(4,5)6;1-2/h1-6H,7-8H2;2-3,11H,4H2,1H3,(H,10,15);2H2,1H3;1-2H. The molecule has 0 fully saturated rings. The van der Waals surface area contributed by atoms with E-state index < -0.39 is 41.5 Å². The Morgan fingerprint density at radius 2 is 1.73 bits per heavy atom. The maximum Gasteiger partial charge on any atom is 0.388 e. The molecule has 2 aliphatic heterocycles. The van der Waals surface area contributed by atoms with E-state index >= 15 is 0 Å². The highest BCUT2D eigenvalue weighted by molar-refractivity contribution is 7.98. The molecule has 7 nitrogen and oxygen atoms in total. The Balaban J connectivity index is 0.000000230. The molecule has 2 aliphatic rings. The highest BCUT2D eigenvalue weighted by atomic mass is 32.2. The minimum atomic E-state index is -3.96. The molecule has 0 unspecified atom stereocenters. The van der Waals surface area contributed by atoms with Gasteiger partial charge in [-0.25, -0.2) is 8.78 Å². The number of rotatable bonds is 1. The van der Waals surface area contributed by atoms with E-state index in [4.69, 9.17) is 4.74 Å². The van der Waals surface area contributed by atoms with Crippen LogP contribution < -0.4 is 20.9 Å². The van der Waals surface area contributed by atoms with Crippen LogP contribution in [0.1, 0.15) is 47.4 Å². The van der Waals surface area contributed by atoms with Crippen LogP contribution in [0, 0.1) is 24.5 Å². The van der Waals surface area contributed by atoms with E-state index in [-0.39, 0.29) is 18.1 Å². The second-order valence-electron chi connectivity index (χ2n) is 8.20. The number of nitrogens with zero attached hydrogens (tertiary/aromatic N) is 1. The molecule has 0 spiro atoms. The van der Waals surface area contributed by atoms with Gasteiger partial charge < -0.3 is 15.5 Å². The van der Waals surface area contributed by atoms with E-state index in [2.05, 4.69) is 23.6 Å². The quantitative estimate of drug-likeness (QED) is 0.223. The van der Waals surface area contributed by atoms with Crippen molar-refractivity contribution in [3.63, 3.8) is 0 Å². The van der Waals surface area contributed by atoms with E-state index in [1.807, 2.05) is 24.3 Å². The molecule has 0 saturated carbocycles. The summed E-state index contributed by atoms with van der Waals surface area (Å²) in [6.07, 6.45) is 5.39. The van der Waals surface area contributed by atoms with Gasteiger partial charge in [0, 0.05) is 41.8 Å². The second-order valence-corrected chi connectivity index (χ2v) is 9.22. The fourth-order valence-electron chi connectivity index (χ4n) is 3.49. The Kier molecular flexibility index (Phi) is 12.0. The molecular formula is C28H26F5N3O4S. The number of nitrogens with one attached hydrogen (secondary N) is 2. The number of carbonyl (C=O) groups excluding carboxylic acids is 2. The molecule has 0 radical (unpaired) electrons. The molecule has 41 heavy (non-hydrogen) atoms. The van der Waals surface area contributed by atoms with Gasteiger partial charge in [0.25, 0.3) is 5.91 Å². The van der Waals surface area contributed by atoms with Crippen LogP contribution in [-0.4, -0.2) is 29.4 Å². The van der Waals surface area contributed by atoms with Gasteiger partial charge in [0.05, 0.1) is 0 Å². The van der Waals surface area contributed by atoms with Crippen molar-refractivity contribution in [1.29, 1.82) is 0 Å². The number of benzene rings is 2. The number of esters is 1. The van der Waals surface area contributed by atoms with Gasteiger partial charge in [-0.15, -0.1) is 24.6 Å². The summed E-state index contributed by atoms with van der Waals surface area (Å²) in [4.78, 5) is 35.0. The molecule has 218 valence electrons. The lowest BCUT2D eigenvalue weighted by atomic mass is 10.0. The van der Waals surface area contributed by atoms with E-state index in [0.29, 0.717) is 17.7 Å². The molecule has 2 N–H and O–H groups in total. The molecule has 2 aromatic carbocycles. The number of ether oxygens (including phenoxy) is 1. The first kappa shape index (κ1) is 32.9.